The minimum Gasteiger partial charge on any atom is -0.483 e. The Morgan fingerprint density at radius 2 is 1.93 bits per heavy atom. The van der Waals surface area contributed by atoms with Crippen LogP contribution in [0.1, 0.15) is 29.8 Å². The lowest BCUT2D eigenvalue weighted by atomic mass is 10.1. The standard InChI is InChI=1S/C22H22FN3O3/c1-15(2)11-24-21(27)14-29-20-9-8-17(23)10-19(20)22(28)16-12-25-26(13-16)18-6-4-3-5-7-18/h3-10,12-13,15H,11,14H2,1-2H3,(H,24,27). The Balaban J connectivity index is 1.77. The number of ketones is 1. The third kappa shape index (κ3) is 5.28. The van der Waals surface area contributed by atoms with Gasteiger partial charge in [0, 0.05) is 12.7 Å². The van der Waals surface area contributed by atoms with Crippen molar-refractivity contribution in [3.63, 3.8) is 0 Å². The number of carbonyl (C=O) groups is 2. The molecule has 0 aliphatic heterocycles. The summed E-state index contributed by atoms with van der Waals surface area (Å²) in [7, 11) is 0. The van der Waals surface area contributed by atoms with Crippen LogP contribution in [0.3, 0.4) is 0 Å². The summed E-state index contributed by atoms with van der Waals surface area (Å²) >= 11 is 0. The highest BCUT2D eigenvalue weighted by molar-refractivity contribution is 6.10. The highest BCUT2D eigenvalue weighted by atomic mass is 19.1. The van der Waals surface area contributed by atoms with Crippen molar-refractivity contribution in [2.75, 3.05) is 13.2 Å². The summed E-state index contributed by atoms with van der Waals surface area (Å²) in [5.41, 5.74) is 1.12. The molecule has 1 aromatic heterocycles. The molecule has 1 heterocycles. The highest BCUT2D eigenvalue weighted by Gasteiger charge is 2.19. The normalized spacial score (nSPS) is 10.8. The van der Waals surface area contributed by atoms with E-state index in [1.54, 1.807) is 10.9 Å². The molecule has 3 rings (SSSR count). The zero-order chi connectivity index (χ0) is 20.8. The van der Waals surface area contributed by atoms with Gasteiger partial charge < -0.3 is 10.1 Å². The second-order valence-electron chi connectivity index (χ2n) is 6.97. The fourth-order valence-corrected chi connectivity index (χ4v) is 2.64. The van der Waals surface area contributed by atoms with Gasteiger partial charge in [-0.2, -0.15) is 5.10 Å². The van der Waals surface area contributed by atoms with E-state index in [4.69, 9.17) is 4.74 Å². The van der Waals surface area contributed by atoms with Crippen molar-refractivity contribution >= 4 is 11.7 Å². The second-order valence-corrected chi connectivity index (χ2v) is 6.97. The van der Waals surface area contributed by atoms with E-state index in [2.05, 4.69) is 10.4 Å². The first kappa shape index (κ1) is 20.3. The number of benzene rings is 2. The van der Waals surface area contributed by atoms with Gasteiger partial charge in [-0.3, -0.25) is 9.59 Å². The van der Waals surface area contributed by atoms with Gasteiger partial charge in [-0.25, -0.2) is 9.07 Å². The molecular weight excluding hydrogens is 373 g/mol. The lowest BCUT2D eigenvalue weighted by Crippen LogP contribution is -2.31. The molecule has 0 atom stereocenters. The molecule has 7 heteroatoms. The fourth-order valence-electron chi connectivity index (χ4n) is 2.64. The average molecular weight is 395 g/mol. The fraction of sp³-hybridized carbons (Fsp3) is 0.227. The minimum atomic E-state index is -0.569. The number of amides is 1. The number of ether oxygens (including phenoxy) is 1. The van der Waals surface area contributed by atoms with E-state index >= 15 is 0 Å². The van der Waals surface area contributed by atoms with Gasteiger partial charge in [-0.15, -0.1) is 0 Å². The van der Waals surface area contributed by atoms with Gasteiger partial charge in [0.2, 0.25) is 0 Å². The summed E-state index contributed by atoms with van der Waals surface area (Å²) in [5.74, 6) is -0.866. The van der Waals surface area contributed by atoms with Gasteiger partial charge in [-0.1, -0.05) is 32.0 Å². The van der Waals surface area contributed by atoms with E-state index in [-0.39, 0.29) is 29.4 Å². The molecule has 150 valence electrons. The van der Waals surface area contributed by atoms with E-state index in [0.717, 1.165) is 11.8 Å². The monoisotopic (exact) mass is 395 g/mol. The van der Waals surface area contributed by atoms with Crippen LogP contribution in [0.25, 0.3) is 5.69 Å². The van der Waals surface area contributed by atoms with Gasteiger partial charge in [0.15, 0.2) is 12.4 Å². The zero-order valence-electron chi connectivity index (χ0n) is 16.3. The number of hydrogen-bond donors (Lipinski definition) is 1. The summed E-state index contributed by atoms with van der Waals surface area (Å²) in [6.45, 7) is 4.22. The molecule has 2 aromatic carbocycles. The molecule has 0 spiro atoms. The molecular formula is C22H22FN3O3. The number of halogens is 1. The molecule has 1 N–H and O–H groups in total. The Kier molecular flexibility index (Phi) is 6.39. The SMILES string of the molecule is CC(C)CNC(=O)COc1ccc(F)cc1C(=O)c1cnn(-c2ccccc2)c1. The molecule has 1 amide bonds. The molecule has 0 aliphatic rings. The Morgan fingerprint density at radius 1 is 1.17 bits per heavy atom. The lowest BCUT2D eigenvalue weighted by Gasteiger charge is -2.11. The van der Waals surface area contributed by atoms with Gasteiger partial charge in [0.1, 0.15) is 11.6 Å². The van der Waals surface area contributed by atoms with Crippen molar-refractivity contribution in [2.24, 2.45) is 5.92 Å². The van der Waals surface area contributed by atoms with Crippen LogP contribution in [0.4, 0.5) is 4.39 Å². The van der Waals surface area contributed by atoms with Crippen molar-refractivity contribution in [3.8, 4) is 11.4 Å². The maximum Gasteiger partial charge on any atom is 0.257 e. The smallest absolute Gasteiger partial charge is 0.257 e. The van der Waals surface area contributed by atoms with Crippen molar-refractivity contribution < 1.29 is 18.7 Å². The van der Waals surface area contributed by atoms with E-state index in [1.165, 1.54) is 18.3 Å². The Hall–Kier alpha value is -3.48. The number of hydrogen-bond acceptors (Lipinski definition) is 4. The van der Waals surface area contributed by atoms with Crippen LogP contribution in [-0.2, 0) is 4.79 Å². The number of carbonyl (C=O) groups excluding carboxylic acids is 2. The van der Waals surface area contributed by atoms with Crippen molar-refractivity contribution in [1.29, 1.82) is 0 Å². The summed E-state index contributed by atoms with van der Waals surface area (Å²) in [6.07, 6.45) is 2.99. The molecule has 0 saturated carbocycles. The Morgan fingerprint density at radius 3 is 2.66 bits per heavy atom. The molecule has 29 heavy (non-hydrogen) atoms. The van der Waals surface area contributed by atoms with Crippen LogP contribution in [0.2, 0.25) is 0 Å². The lowest BCUT2D eigenvalue weighted by molar-refractivity contribution is -0.123. The molecule has 0 bridgehead atoms. The van der Waals surface area contributed by atoms with Gasteiger partial charge in [0.25, 0.3) is 5.91 Å². The molecule has 0 fully saturated rings. The van der Waals surface area contributed by atoms with E-state index in [0.29, 0.717) is 12.5 Å². The van der Waals surface area contributed by atoms with Crippen LogP contribution in [0.15, 0.2) is 60.9 Å². The third-order valence-electron chi connectivity index (χ3n) is 4.12. The molecule has 3 aromatic rings. The number of nitrogens with one attached hydrogen (secondary N) is 1. The molecule has 0 saturated heterocycles. The molecule has 6 nitrogen and oxygen atoms in total. The Labute approximate surface area is 168 Å². The second kappa shape index (κ2) is 9.14. The highest BCUT2D eigenvalue weighted by Crippen LogP contribution is 2.23. The van der Waals surface area contributed by atoms with E-state index in [9.17, 15) is 14.0 Å². The van der Waals surface area contributed by atoms with Crippen molar-refractivity contribution in [1.82, 2.24) is 15.1 Å². The van der Waals surface area contributed by atoms with E-state index in [1.807, 2.05) is 44.2 Å². The predicted molar refractivity (Wildman–Crippen MR) is 107 cm³/mol. The topological polar surface area (TPSA) is 73.2 Å². The third-order valence-corrected chi connectivity index (χ3v) is 4.12. The zero-order valence-corrected chi connectivity index (χ0v) is 16.3. The van der Waals surface area contributed by atoms with Crippen molar-refractivity contribution in [2.45, 2.75) is 13.8 Å². The molecule has 0 aliphatic carbocycles. The number of rotatable bonds is 8. The predicted octanol–water partition coefficient (Wildman–Crippen LogP) is 3.39. The van der Waals surface area contributed by atoms with Crippen molar-refractivity contribution in [3.05, 3.63) is 77.9 Å². The maximum absolute atomic E-state index is 13.8. The van der Waals surface area contributed by atoms with Gasteiger partial charge >= 0.3 is 0 Å². The molecule has 0 radical (unpaired) electrons. The quantitative estimate of drug-likeness (QED) is 0.594. The number of para-hydroxylation sites is 1. The van der Waals surface area contributed by atoms with E-state index < -0.39 is 11.6 Å². The van der Waals surface area contributed by atoms with Crippen LogP contribution in [0.5, 0.6) is 5.75 Å². The van der Waals surface area contributed by atoms with Gasteiger partial charge in [-0.05, 0) is 36.2 Å². The Bertz CT molecular complexity index is 1000. The number of nitrogens with zero attached hydrogens (tertiary/aromatic N) is 2. The van der Waals surface area contributed by atoms with Crippen LogP contribution in [-0.4, -0.2) is 34.6 Å². The summed E-state index contributed by atoms with van der Waals surface area (Å²) in [5, 5.41) is 6.93. The molecule has 0 unspecified atom stereocenters. The summed E-state index contributed by atoms with van der Waals surface area (Å²) < 4.78 is 20.8. The number of aromatic nitrogens is 2. The van der Waals surface area contributed by atoms with Crippen LogP contribution in [0, 0.1) is 11.7 Å². The first-order valence-corrected chi connectivity index (χ1v) is 9.28. The van der Waals surface area contributed by atoms with Crippen LogP contribution >= 0.6 is 0 Å². The van der Waals surface area contributed by atoms with Crippen LogP contribution < -0.4 is 10.1 Å². The van der Waals surface area contributed by atoms with Gasteiger partial charge in [0.05, 0.1) is 23.0 Å². The summed E-state index contributed by atoms with van der Waals surface area (Å²) in [4.78, 5) is 24.8. The minimum absolute atomic E-state index is 0.0364. The maximum atomic E-state index is 13.8. The average Bonchev–Trinajstić information content (AvgIpc) is 3.21. The first-order valence-electron chi connectivity index (χ1n) is 9.28. The summed E-state index contributed by atoms with van der Waals surface area (Å²) in [6, 6.07) is 13.0. The largest absolute Gasteiger partial charge is 0.483 e. The first-order chi connectivity index (χ1) is 13.9.